The van der Waals surface area contributed by atoms with Gasteiger partial charge in [-0.2, -0.15) is 0 Å². The first-order chi connectivity index (χ1) is 9.04. The van der Waals surface area contributed by atoms with Gasteiger partial charge in [0.15, 0.2) is 0 Å². The van der Waals surface area contributed by atoms with Crippen LogP contribution in [0.5, 0.6) is 0 Å². The largest absolute Gasteiger partial charge is 0.480 e. The van der Waals surface area contributed by atoms with E-state index in [0.29, 0.717) is 32.7 Å². The third kappa shape index (κ3) is 5.23. The second-order valence-corrected chi connectivity index (χ2v) is 4.19. The number of hydrogen-bond donors (Lipinski definition) is 3. The van der Waals surface area contributed by atoms with E-state index >= 15 is 0 Å². The summed E-state index contributed by atoms with van der Waals surface area (Å²) >= 11 is 0. The van der Waals surface area contributed by atoms with Crippen molar-refractivity contribution in [2.24, 2.45) is 0 Å². The predicted molar refractivity (Wildman–Crippen MR) is 65.0 cm³/mol. The zero-order chi connectivity index (χ0) is 14.3. The molecule has 0 spiro atoms. The molecule has 2 amide bonds. The Morgan fingerprint density at radius 1 is 1.26 bits per heavy atom. The highest BCUT2D eigenvalue weighted by Crippen LogP contribution is 1.97. The first-order valence-electron chi connectivity index (χ1n) is 6.21. The molecule has 1 rings (SSSR count). The molecule has 0 aliphatic carbocycles. The van der Waals surface area contributed by atoms with Crippen molar-refractivity contribution in [3.05, 3.63) is 0 Å². The molecule has 1 unspecified atom stereocenters. The second-order valence-electron chi connectivity index (χ2n) is 4.19. The Bertz CT molecular complexity index is 341. The molecular weight excluding hydrogens is 254 g/mol. The highest BCUT2D eigenvalue weighted by molar-refractivity contribution is 6.35. The Kier molecular flexibility index (Phi) is 6.23. The minimum atomic E-state index is -1.14. The number of nitrogens with zero attached hydrogens (tertiary/aromatic N) is 1. The monoisotopic (exact) mass is 273 g/mol. The van der Waals surface area contributed by atoms with Gasteiger partial charge in [-0.1, -0.05) is 13.3 Å². The fraction of sp³-hybridized carbons (Fsp3) is 0.727. The highest BCUT2D eigenvalue weighted by Gasteiger charge is 2.24. The maximum atomic E-state index is 11.6. The topological polar surface area (TPSA) is 108 Å². The van der Waals surface area contributed by atoms with Gasteiger partial charge >= 0.3 is 17.8 Å². The molecule has 0 aromatic heterocycles. The Morgan fingerprint density at radius 3 is 2.42 bits per heavy atom. The average Bonchev–Trinajstić information content (AvgIpc) is 2.39. The number of carboxylic acids is 1. The van der Waals surface area contributed by atoms with Crippen LogP contribution in [0.2, 0.25) is 0 Å². The SMILES string of the molecule is CCCC(NC(=O)C(=O)NN1CCOCC1)C(=O)O. The summed E-state index contributed by atoms with van der Waals surface area (Å²) in [5.74, 6) is -2.94. The number of ether oxygens (including phenoxy) is 1. The summed E-state index contributed by atoms with van der Waals surface area (Å²) in [5.41, 5.74) is 2.41. The molecule has 0 bridgehead atoms. The lowest BCUT2D eigenvalue weighted by atomic mass is 10.1. The molecule has 0 aromatic rings. The number of rotatable bonds is 5. The number of carbonyl (C=O) groups is 3. The van der Waals surface area contributed by atoms with E-state index in [0.717, 1.165) is 0 Å². The molecule has 8 nitrogen and oxygen atoms in total. The van der Waals surface area contributed by atoms with E-state index in [9.17, 15) is 14.4 Å². The van der Waals surface area contributed by atoms with Gasteiger partial charge in [-0.3, -0.25) is 15.0 Å². The lowest BCUT2D eigenvalue weighted by molar-refractivity contribution is -0.147. The molecule has 1 heterocycles. The lowest BCUT2D eigenvalue weighted by Gasteiger charge is -2.26. The van der Waals surface area contributed by atoms with Crippen molar-refractivity contribution in [1.29, 1.82) is 0 Å². The Hall–Kier alpha value is -1.67. The molecular formula is C11H19N3O5. The van der Waals surface area contributed by atoms with Gasteiger partial charge in [-0.05, 0) is 6.42 Å². The van der Waals surface area contributed by atoms with Crippen LogP contribution in [0.1, 0.15) is 19.8 Å². The van der Waals surface area contributed by atoms with Gasteiger partial charge in [-0.25, -0.2) is 9.80 Å². The van der Waals surface area contributed by atoms with Crippen molar-refractivity contribution in [3.63, 3.8) is 0 Å². The number of morpholine rings is 1. The normalized spacial score (nSPS) is 17.5. The van der Waals surface area contributed by atoms with E-state index in [1.54, 1.807) is 11.9 Å². The first-order valence-corrected chi connectivity index (χ1v) is 6.21. The molecule has 0 aromatic carbocycles. The summed E-state index contributed by atoms with van der Waals surface area (Å²) in [5, 5.41) is 12.7. The number of carboxylic acid groups (broad SMARTS) is 1. The van der Waals surface area contributed by atoms with Gasteiger partial charge in [0.1, 0.15) is 6.04 Å². The molecule has 0 radical (unpaired) electrons. The van der Waals surface area contributed by atoms with Crippen molar-refractivity contribution in [2.75, 3.05) is 26.3 Å². The standard InChI is InChI=1S/C11H19N3O5/c1-2-3-8(11(17)18)12-9(15)10(16)13-14-4-6-19-7-5-14/h8H,2-7H2,1H3,(H,12,15)(H,13,16)(H,17,18). The van der Waals surface area contributed by atoms with E-state index in [1.165, 1.54) is 0 Å². The number of aliphatic carboxylic acids is 1. The van der Waals surface area contributed by atoms with E-state index in [1.807, 2.05) is 0 Å². The third-order valence-electron chi connectivity index (χ3n) is 2.66. The first kappa shape index (κ1) is 15.4. The van der Waals surface area contributed by atoms with Gasteiger partial charge in [0.05, 0.1) is 13.2 Å². The van der Waals surface area contributed by atoms with Crippen molar-refractivity contribution in [1.82, 2.24) is 15.8 Å². The van der Waals surface area contributed by atoms with Gasteiger partial charge in [-0.15, -0.1) is 0 Å². The minimum absolute atomic E-state index is 0.284. The Morgan fingerprint density at radius 2 is 1.89 bits per heavy atom. The van der Waals surface area contributed by atoms with Crippen LogP contribution in [0, 0.1) is 0 Å². The van der Waals surface area contributed by atoms with Gasteiger partial charge < -0.3 is 15.2 Å². The van der Waals surface area contributed by atoms with Crippen LogP contribution in [0.25, 0.3) is 0 Å². The molecule has 19 heavy (non-hydrogen) atoms. The molecule has 0 saturated carbocycles. The van der Waals surface area contributed by atoms with Gasteiger partial charge in [0, 0.05) is 13.1 Å². The summed E-state index contributed by atoms with van der Waals surface area (Å²) in [6, 6.07) is -1.03. The summed E-state index contributed by atoms with van der Waals surface area (Å²) in [6.07, 6.45) is 0.883. The summed E-state index contributed by atoms with van der Waals surface area (Å²) < 4.78 is 5.10. The van der Waals surface area contributed by atoms with Gasteiger partial charge in [0.2, 0.25) is 0 Å². The summed E-state index contributed by atoms with van der Waals surface area (Å²) in [7, 11) is 0. The second kappa shape index (κ2) is 7.70. The van der Waals surface area contributed by atoms with E-state index in [4.69, 9.17) is 9.84 Å². The highest BCUT2D eigenvalue weighted by atomic mass is 16.5. The quantitative estimate of drug-likeness (QED) is 0.538. The molecule has 1 aliphatic rings. The maximum absolute atomic E-state index is 11.6. The van der Waals surface area contributed by atoms with Crippen LogP contribution in [0.15, 0.2) is 0 Å². The van der Waals surface area contributed by atoms with Crippen molar-refractivity contribution >= 4 is 17.8 Å². The van der Waals surface area contributed by atoms with Crippen LogP contribution in [0.4, 0.5) is 0 Å². The smallest absolute Gasteiger partial charge is 0.326 e. The Labute approximate surface area is 111 Å². The van der Waals surface area contributed by atoms with Crippen molar-refractivity contribution < 1.29 is 24.2 Å². The number of carbonyl (C=O) groups excluding carboxylic acids is 2. The van der Waals surface area contributed by atoms with Crippen LogP contribution >= 0.6 is 0 Å². The fourth-order valence-corrected chi connectivity index (χ4v) is 1.64. The van der Waals surface area contributed by atoms with Crippen molar-refractivity contribution in [2.45, 2.75) is 25.8 Å². The summed E-state index contributed by atoms with van der Waals surface area (Å²) in [4.78, 5) is 34.0. The minimum Gasteiger partial charge on any atom is -0.480 e. The average molecular weight is 273 g/mol. The Balaban J connectivity index is 2.42. The molecule has 8 heteroatoms. The number of amides is 2. The predicted octanol–water partition coefficient (Wildman–Crippen LogP) is -1.28. The molecule has 1 aliphatic heterocycles. The van der Waals surface area contributed by atoms with E-state index in [-0.39, 0.29) is 6.42 Å². The molecule has 1 fully saturated rings. The maximum Gasteiger partial charge on any atom is 0.326 e. The molecule has 3 N–H and O–H groups in total. The van der Waals surface area contributed by atoms with E-state index < -0.39 is 23.8 Å². The van der Waals surface area contributed by atoms with Crippen molar-refractivity contribution in [3.8, 4) is 0 Å². The molecule has 1 saturated heterocycles. The van der Waals surface area contributed by atoms with E-state index in [2.05, 4.69) is 10.7 Å². The zero-order valence-corrected chi connectivity index (χ0v) is 10.8. The number of hydrogen-bond acceptors (Lipinski definition) is 5. The van der Waals surface area contributed by atoms with Crippen LogP contribution in [-0.4, -0.2) is 60.2 Å². The number of nitrogens with one attached hydrogen (secondary N) is 2. The molecule has 1 atom stereocenters. The lowest BCUT2D eigenvalue weighted by Crippen LogP contribution is -2.54. The van der Waals surface area contributed by atoms with Gasteiger partial charge in [0.25, 0.3) is 0 Å². The molecule has 108 valence electrons. The fourth-order valence-electron chi connectivity index (χ4n) is 1.64. The summed E-state index contributed by atoms with van der Waals surface area (Å²) in [6.45, 7) is 3.76. The number of hydrazine groups is 1. The van der Waals surface area contributed by atoms with Crippen LogP contribution in [-0.2, 0) is 19.1 Å². The third-order valence-corrected chi connectivity index (χ3v) is 2.66. The van der Waals surface area contributed by atoms with Crippen LogP contribution in [0.3, 0.4) is 0 Å². The zero-order valence-electron chi connectivity index (χ0n) is 10.8. The van der Waals surface area contributed by atoms with Crippen LogP contribution < -0.4 is 10.7 Å².